The summed E-state index contributed by atoms with van der Waals surface area (Å²) in [6.07, 6.45) is 0.712. The summed E-state index contributed by atoms with van der Waals surface area (Å²) in [5.41, 5.74) is 4.48. The van der Waals surface area contributed by atoms with Crippen molar-refractivity contribution in [3.8, 4) is 5.75 Å². The van der Waals surface area contributed by atoms with Crippen LogP contribution in [-0.4, -0.2) is 45.2 Å². The lowest BCUT2D eigenvalue weighted by Crippen LogP contribution is -2.50. The number of H-pyrrole nitrogens is 1. The second-order valence-electron chi connectivity index (χ2n) is 9.90. The van der Waals surface area contributed by atoms with Gasteiger partial charge >= 0.3 is 4.87 Å². The predicted octanol–water partition coefficient (Wildman–Crippen LogP) is 4.82. The monoisotopic (exact) mass is 572 g/mol. The van der Waals surface area contributed by atoms with Crippen molar-refractivity contribution in [3.63, 3.8) is 0 Å². The van der Waals surface area contributed by atoms with Crippen LogP contribution in [0.5, 0.6) is 5.75 Å². The summed E-state index contributed by atoms with van der Waals surface area (Å²) in [6, 6.07) is 17.1. The lowest BCUT2D eigenvalue weighted by molar-refractivity contribution is 0.0925. The van der Waals surface area contributed by atoms with Crippen molar-refractivity contribution in [2.45, 2.75) is 38.8 Å². The molecule has 0 bridgehead atoms. The number of nitrogens with one attached hydrogen (secondary N) is 2. The molecule has 1 amide bonds. The summed E-state index contributed by atoms with van der Waals surface area (Å²) in [5, 5.41) is 14.7. The van der Waals surface area contributed by atoms with Crippen LogP contribution < -0.4 is 19.8 Å². The molecule has 40 heavy (non-hydrogen) atoms. The molecule has 3 aromatic heterocycles. The number of para-hydroxylation sites is 1. The van der Waals surface area contributed by atoms with E-state index in [4.69, 9.17) is 4.74 Å². The number of aromatic amines is 1. The van der Waals surface area contributed by atoms with Crippen LogP contribution in [0.15, 0.2) is 64.8 Å². The number of rotatable bonds is 7. The van der Waals surface area contributed by atoms with Gasteiger partial charge in [-0.15, -0.1) is 11.3 Å². The van der Waals surface area contributed by atoms with Gasteiger partial charge in [0.15, 0.2) is 5.13 Å². The van der Waals surface area contributed by atoms with Crippen LogP contribution in [0.1, 0.15) is 44.7 Å². The zero-order valence-corrected chi connectivity index (χ0v) is 23.7. The van der Waals surface area contributed by atoms with Crippen molar-refractivity contribution >= 4 is 44.6 Å². The maximum atomic E-state index is 13.3. The normalized spacial score (nSPS) is 17.2. The standard InChI is InChI=1S/C29H28N6O3S2/c1-17-13-20(22-5-3-4-6-24(22)30-17)15-38-21-9-7-19(8-10-21)26(36)32-25-11-12-35(28-31-18(2)16-39-28)14-23(25)27-33-34-29(37)40-27/h3-10,13,16,23,25H,11-12,14-15H2,1-2H3,(H,32,36)(H,34,37). The lowest BCUT2D eigenvalue weighted by atomic mass is 9.92. The van der Waals surface area contributed by atoms with Crippen LogP contribution in [0, 0.1) is 13.8 Å². The number of anilines is 1. The van der Waals surface area contributed by atoms with E-state index < -0.39 is 0 Å². The fourth-order valence-corrected chi connectivity index (χ4v) is 6.67. The number of piperidine rings is 1. The fraction of sp³-hybridized carbons (Fsp3) is 0.276. The van der Waals surface area contributed by atoms with Crippen molar-refractivity contribution in [1.82, 2.24) is 25.5 Å². The number of pyridine rings is 1. The Bertz CT molecular complexity index is 1710. The number of ether oxygens (including phenoxy) is 1. The molecule has 11 heteroatoms. The third-order valence-electron chi connectivity index (χ3n) is 7.02. The molecule has 1 saturated heterocycles. The van der Waals surface area contributed by atoms with Gasteiger partial charge in [-0.3, -0.25) is 14.6 Å². The minimum Gasteiger partial charge on any atom is -0.489 e. The predicted molar refractivity (Wildman–Crippen MR) is 158 cm³/mol. The molecule has 0 saturated carbocycles. The second kappa shape index (κ2) is 11.2. The third-order valence-corrected chi connectivity index (χ3v) is 8.92. The van der Waals surface area contributed by atoms with Gasteiger partial charge in [0.05, 0.1) is 17.1 Å². The van der Waals surface area contributed by atoms with E-state index >= 15 is 0 Å². The number of fused-ring (bicyclic) bond motifs is 1. The first kappa shape index (κ1) is 26.1. The van der Waals surface area contributed by atoms with Gasteiger partial charge in [0.1, 0.15) is 17.4 Å². The maximum absolute atomic E-state index is 13.3. The molecule has 2 unspecified atom stereocenters. The summed E-state index contributed by atoms with van der Waals surface area (Å²) in [7, 11) is 0. The summed E-state index contributed by atoms with van der Waals surface area (Å²) >= 11 is 2.69. The third kappa shape index (κ3) is 5.61. The van der Waals surface area contributed by atoms with Crippen molar-refractivity contribution in [3.05, 3.63) is 97.2 Å². The van der Waals surface area contributed by atoms with Gasteiger partial charge in [-0.2, -0.15) is 5.10 Å². The Hall–Kier alpha value is -4.09. The van der Waals surface area contributed by atoms with Crippen molar-refractivity contribution in [2.24, 2.45) is 0 Å². The first-order chi connectivity index (χ1) is 19.4. The number of nitrogens with zero attached hydrogens (tertiary/aromatic N) is 4. The number of aromatic nitrogens is 4. The smallest absolute Gasteiger partial charge is 0.322 e. The van der Waals surface area contributed by atoms with Crippen molar-refractivity contribution in [2.75, 3.05) is 18.0 Å². The van der Waals surface area contributed by atoms with E-state index in [0.29, 0.717) is 35.9 Å². The minimum absolute atomic E-state index is 0.132. The highest BCUT2D eigenvalue weighted by atomic mass is 32.1. The van der Waals surface area contributed by atoms with Gasteiger partial charge in [-0.25, -0.2) is 10.1 Å². The topological polar surface area (TPSA) is 113 Å². The number of thiazole rings is 1. The van der Waals surface area contributed by atoms with Gasteiger partial charge in [0.25, 0.3) is 5.91 Å². The molecule has 0 aliphatic carbocycles. The number of amides is 1. The Morgan fingerprint density at radius 3 is 2.70 bits per heavy atom. The van der Waals surface area contributed by atoms with Gasteiger partial charge in [-0.1, -0.05) is 29.5 Å². The number of hydrogen-bond donors (Lipinski definition) is 2. The molecule has 2 N–H and O–H groups in total. The Labute approximate surface area is 238 Å². The molecular formula is C29H28N6O3S2. The highest BCUT2D eigenvalue weighted by Gasteiger charge is 2.35. The van der Waals surface area contributed by atoms with Gasteiger partial charge in [-0.05, 0) is 56.7 Å². The molecular weight excluding hydrogens is 544 g/mol. The Morgan fingerprint density at radius 1 is 1.12 bits per heavy atom. The summed E-state index contributed by atoms with van der Waals surface area (Å²) in [6.45, 7) is 5.73. The van der Waals surface area contributed by atoms with Crippen molar-refractivity contribution in [1.29, 1.82) is 0 Å². The molecule has 1 aliphatic rings. The van der Waals surface area contributed by atoms with E-state index in [-0.39, 0.29) is 22.7 Å². The molecule has 2 aromatic carbocycles. The summed E-state index contributed by atoms with van der Waals surface area (Å²) in [5.74, 6) is 0.382. The fourth-order valence-electron chi connectivity index (χ4n) is 5.07. The minimum atomic E-state index is -0.201. The van der Waals surface area contributed by atoms with Crippen LogP contribution in [0.3, 0.4) is 0 Å². The average Bonchev–Trinajstić information content (AvgIpc) is 3.60. The molecule has 0 spiro atoms. The molecule has 9 nitrogen and oxygen atoms in total. The lowest BCUT2D eigenvalue weighted by Gasteiger charge is -2.37. The molecule has 2 atom stereocenters. The Morgan fingerprint density at radius 2 is 1.95 bits per heavy atom. The Kier molecular flexibility index (Phi) is 7.31. The molecule has 0 radical (unpaired) electrons. The van der Waals surface area contributed by atoms with Gasteiger partial charge in [0.2, 0.25) is 0 Å². The number of carbonyl (C=O) groups excluding carboxylic acids is 1. The van der Waals surface area contributed by atoms with Gasteiger partial charge in [0, 0.05) is 46.7 Å². The van der Waals surface area contributed by atoms with E-state index in [1.54, 1.807) is 23.5 Å². The highest BCUT2D eigenvalue weighted by molar-refractivity contribution is 7.13. The summed E-state index contributed by atoms with van der Waals surface area (Å²) in [4.78, 5) is 36.3. The zero-order chi connectivity index (χ0) is 27.6. The van der Waals surface area contributed by atoms with E-state index in [9.17, 15) is 9.59 Å². The van der Waals surface area contributed by atoms with E-state index in [2.05, 4.69) is 30.4 Å². The first-order valence-electron chi connectivity index (χ1n) is 13.0. The van der Waals surface area contributed by atoms with Crippen LogP contribution in [0.25, 0.3) is 10.9 Å². The zero-order valence-electron chi connectivity index (χ0n) is 22.1. The summed E-state index contributed by atoms with van der Waals surface area (Å²) < 4.78 is 6.06. The number of hydrogen-bond acceptors (Lipinski definition) is 9. The Balaban J connectivity index is 1.13. The van der Waals surface area contributed by atoms with Crippen LogP contribution in [0.2, 0.25) is 0 Å². The van der Waals surface area contributed by atoms with Crippen molar-refractivity contribution < 1.29 is 9.53 Å². The molecule has 1 aliphatic heterocycles. The largest absolute Gasteiger partial charge is 0.489 e. The average molecular weight is 573 g/mol. The number of aryl methyl sites for hydroxylation is 2. The van der Waals surface area contributed by atoms with E-state index in [1.165, 1.54) is 0 Å². The number of carbonyl (C=O) groups is 1. The van der Waals surface area contributed by atoms with Crippen LogP contribution in [0.4, 0.5) is 5.13 Å². The van der Waals surface area contributed by atoms with E-state index in [1.807, 2.05) is 61.7 Å². The number of benzene rings is 2. The molecule has 204 valence electrons. The SMILES string of the molecule is Cc1csc(N2CCC(NC(=O)c3ccc(OCc4cc(C)nc5ccccc45)cc3)C(c3n[nH]c(=O)s3)C2)n1. The first-order valence-corrected chi connectivity index (χ1v) is 14.7. The van der Waals surface area contributed by atoms with E-state index in [0.717, 1.165) is 50.9 Å². The highest BCUT2D eigenvalue weighted by Crippen LogP contribution is 2.32. The second-order valence-corrected chi connectivity index (χ2v) is 11.7. The van der Waals surface area contributed by atoms with Crippen LogP contribution in [-0.2, 0) is 6.61 Å². The van der Waals surface area contributed by atoms with Crippen LogP contribution >= 0.6 is 22.7 Å². The molecule has 6 rings (SSSR count). The molecule has 4 heterocycles. The maximum Gasteiger partial charge on any atom is 0.322 e. The molecule has 5 aromatic rings. The van der Waals surface area contributed by atoms with Gasteiger partial charge < -0.3 is 15.0 Å². The quantitative estimate of drug-likeness (QED) is 0.287. The molecule has 1 fully saturated rings.